The number of hydrogen-bond acceptors (Lipinski definition) is 7. The Kier molecular flexibility index (Phi) is 7.19. The van der Waals surface area contributed by atoms with Gasteiger partial charge in [0.15, 0.2) is 5.65 Å². The van der Waals surface area contributed by atoms with Gasteiger partial charge in [0, 0.05) is 52.7 Å². The molecule has 4 rings (SSSR count). The van der Waals surface area contributed by atoms with Crippen molar-refractivity contribution in [1.82, 2.24) is 34.9 Å². The Morgan fingerprint density at radius 3 is 2.75 bits per heavy atom. The largest absolute Gasteiger partial charge is 0.356 e. The van der Waals surface area contributed by atoms with E-state index in [1.165, 1.54) is 0 Å². The van der Waals surface area contributed by atoms with E-state index in [4.69, 9.17) is 0 Å². The van der Waals surface area contributed by atoms with Crippen LogP contribution in [0.5, 0.6) is 0 Å². The summed E-state index contributed by atoms with van der Waals surface area (Å²) in [6.45, 7) is 7.88. The van der Waals surface area contributed by atoms with E-state index in [1.54, 1.807) is 17.2 Å². The third kappa shape index (κ3) is 5.17. The molecule has 0 bridgehead atoms. The molecule has 0 saturated carbocycles. The van der Waals surface area contributed by atoms with Crippen LogP contribution >= 0.6 is 0 Å². The Balaban J connectivity index is 1.26. The fourth-order valence-electron chi connectivity index (χ4n) is 4.70. The van der Waals surface area contributed by atoms with Gasteiger partial charge in [-0.15, -0.1) is 0 Å². The van der Waals surface area contributed by atoms with Crippen molar-refractivity contribution in [2.24, 2.45) is 13.0 Å². The Hall–Kier alpha value is -2.75. The number of nitrogens with zero attached hydrogens (tertiary/aromatic N) is 7. The van der Waals surface area contributed by atoms with Crippen LogP contribution in [0.1, 0.15) is 32.6 Å². The molecule has 1 N–H and O–H groups in total. The zero-order valence-electron chi connectivity index (χ0n) is 19.2. The van der Waals surface area contributed by atoms with Gasteiger partial charge in [0.25, 0.3) is 0 Å². The molecule has 2 amide bonds. The summed E-state index contributed by atoms with van der Waals surface area (Å²) in [7, 11) is 1.88. The number of amides is 2. The van der Waals surface area contributed by atoms with Crippen molar-refractivity contribution in [1.29, 1.82) is 0 Å². The van der Waals surface area contributed by atoms with Crippen LogP contribution in [-0.4, -0.2) is 93.7 Å². The van der Waals surface area contributed by atoms with Gasteiger partial charge in [-0.05, 0) is 31.7 Å². The molecule has 2 aromatic heterocycles. The minimum atomic E-state index is 0.130. The first-order valence-corrected chi connectivity index (χ1v) is 11.7. The first-order chi connectivity index (χ1) is 15.5. The van der Waals surface area contributed by atoms with Gasteiger partial charge in [0.2, 0.25) is 11.8 Å². The number of aryl methyl sites for hydroxylation is 1. The van der Waals surface area contributed by atoms with Crippen LogP contribution in [0, 0.1) is 5.92 Å². The van der Waals surface area contributed by atoms with Crippen molar-refractivity contribution >= 4 is 28.7 Å². The lowest BCUT2D eigenvalue weighted by Gasteiger charge is -2.38. The maximum atomic E-state index is 12.9. The third-order valence-electron chi connectivity index (χ3n) is 6.47. The number of piperidine rings is 1. The molecule has 10 nitrogen and oxygen atoms in total. The maximum Gasteiger partial charge on any atom is 0.236 e. The predicted octanol–water partition coefficient (Wildman–Crippen LogP) is 0.640. The van der Waals surface area contributed by atoms with Gasteiger partial charge in [-0.3, -0.25) is 19.2 Å². The quantitative estimate of drug-likeness (QED) is 0.672. The highest BCUT2D eigenvalue weighted by molar-refractivity contribution is 5.87. The highest BCUT2D eigenvalue weighted by atomic mass is 16.2. The molecule has 10 heteroatoms. The summed E-state index contributed by atoms with van der Waals surface area (Å²) >= 11 is 0. The van der Waals surface area contributed by atoms with Gasteiger partial charge in [-0.2, -0.15) is 5.10 Å². The minimum Gasteiger partial charge on any atom is -0.356 e. The molecule has 0 spiro atoms. The topological polar surface area (TPSA) is 99.5 Å². The molecule has 0 aliphatic carbocycles. The highest BCUT2D eigenvalue weighted by Crippen LogP contribution is 2.23. The zero-order chi connectivity index (χ0) is 22.5. The molecule has 1 unspecified atom stereocenters. The standard InChI is InChI=1S/C22H34N8O2/c1-3-5-19(31)23-12-17-6-4-7-28(14-17)15-20(32)29-8-10-30(11-9-29)22-18-13-26-27(2)21(18)24-16-25-22/h13,16-17H,3-12,14-15H2,1-2H3,(H,23,31). The van der Waals surface area contributed by atoms with Crippen molar-refractivity contribution in [2.75, 3.05) is 57.3 Å². The summed E-state index contributed by atoms with van der Waals surface area (Å²) in [5.74, 6) is 1.63. The third-order valence-corrected chi connectivity index (χ3v) is 6.47. The first-order valence-electron chi connectivity index (χ1n) is 11.7. The van der Waals surface area contributed by atoms with Crippen LogP contribution < -0.4 is 10.2 Å². The van der Waals surface area contributed by atoms with Gasteiger partial charge in [0.1, 0.15) is 12.1 Å². The molecule has 2 saturated heterocycles. The van der Waals surface area contributed by atoms with E-state index in [0.717, 1.165) is 62.3 Å². The molecule has 1 atom stereocenters. The fraction of sp³-hybridized carbons (Fsp3) is 0.682. The summed E-state index contributed by atoms with van der Waals surface area (Å²) in [6.07, 6.45) is 7.02. The van der Waals surface area contributed by atoms with Crippen LogP contribution in [0.25, 0.3) is 11.0 Å². The first kappa shape index (κ1) is 22.4. The SMILES string of the molecule is CCCC(=O)NCC1CCCN(CC(=O)N2CCN(c3ncnc4c3cnn4C)CC2)C1. The number of carbonyl (C=O) groups is 2. The van der Waals surface area contributed by atoms with E-state index in [2.05, 4.69) is 30.2 Å². The van der Waals surface area contributed by atoms with Crippen molar-refractivity contribution in [3.63, 3.8) is 0 Å². The predicted molar refractivity (Wildman–Crippen MR) is 122 cm³/mol. The van der Waals surface area contributed by atoms with Crippen LogP contribution in [0.15, 0.2) is 12.5 Å². The number of fused-ring (bicyclic) bond motifs is 1. The number of anilines is 1. The number of rotatable bonds is 7. The van der Waals surface area contributed by atoms with E-state index in [-0.39, 0.29) is 11.8 Å². The monoisotopic (exact) mass is 442 g/mol. The maximum absolute atomic E-state index is 12.9. The van der Waals surface area contributed by atoms with E-state index in [1.807, 2.05) is 18.9 Å². The normalized spacial score (nSPS) is 20.0. The lowest BCUT2D eigenvalue weighted by atomic mass is 9.98. The van der Waals surface area contributed by atoms with E-state index >= 15 is 0 Å². The zero-order valence-corrected chi connectivity index (χ0v) is 19.2. The summed E-state index contributed by atoms with van der Waals surface area (Å²) in [5, 5.41) is 8.28. The Morgan fingerprint density at radius 1 is 1.16 bits per heavy atom. The van der Waals surface area contributed by atoms with Gasteiger partial charge >= 0.3 is 0 Å². The van der Waals surface area contributed by atoms with Crippen molar-refractivity contribution in [3.8, 4) is 0 Å². The number of carbonyl (C=O) groups excluding carboxylic acids is 2. The number of aromatic nitrogens is 4. The number of nitrogens with one attached hydrogen (secondary N) is 1. The van der Waals surface area contributed by atoms with E-state index in [0.29, 0.717) is 38.5 Å². The summed E-state index contributed by atoms with van der Waals surface area (Å²) < 4.78 is 1.75. The molecular weight excluding hydrogens is 408 g/mol. The van der Waals surface area contributed by atoms with Gasteiger partial charge in [0.05, 0.1) is 18.1 Å². The van der Waals surface area contributed by atoms with Crippen LogP contribution in [0.4, 0.5) is 5.82 Å². The summed E-state index contributed by atoms with van der Waals surface area (Å²) in [5.41, 5.74) is 0.819. The highest BCUT2D eigenvalue weighted by Gasteiger charge is 2.27. The molecule has 2 aliphatic heterocycles. The molecule has 2 aliphatic rings. The summed E-state index contributed by atoms with van der Waals surface area (Å²) in [4.78, 5) is 39.9. The average Bonchev–Trinajstić information content (AvgIpc) is 3.19. The van der Waals surface area contributed by atoms with Gasteiger partial charge in [-0.1, -0.05) is 6.92 Å². The molecule has 174 valence electrons. The van der Waals surface area contributed by atoms with Crippen molar-refractivity contribution in [3.05, 3.63) is 12.5 Å². The molecule has 4 heterocycles. The van der Waals surface area contributed by atoms with Gasteiger partial charge in [-0.25, -0.2) is 9.97 Å². The van der Waals surface area contributed by atoms with Crippen molar-refractivity contribution < 1.29 is 9.59 Å². The number of hydrogen-bond donors (Lipinski definition) is 1. The second-order valence-electron chi connectivity index (χ2n) is 8.87. The van der Waals surface area contributed by atoms with E-state index in [9.17, 15) is 9.59 Å². The number of likely N-dealkylation sites (tertiary alicyclic amines) is 1. The molecule has 2 fully saturated rings. The number of piperazine rings is 1. The lowest BCUT2D eigenvalue weighted by molar-refractivity contribution is -0.133. The lowest BCUT2D eigenvalue weighted by Crippen LogP contribution is -2.52. The Morgan fingerprint density at radius 2 is 1.97 bits per heavy atom. The molecular formula is C22H34N8O2. The van der Waals surface area contributed by atoms with Crippen LogP contribution in [0.3, 0.4) is 0 Å². The molecule has 0 aromatic carbocycles. The van der Waals surface area contributed by atoms with Crippen LogP contribution in [0.2, 0.25) is 0 Å². The molecule has 2 aromatic rings. The Bertz CT molecular complexity index is 937. The smallest absolute Gasteiger partial charge is 0.236 e. The second-order valence-corrected chi connectivity index (χ2v) is 8.87. The summed E-state index contributed by atoms with van der Waals surface area (Å²) in [6, 6.07) is 0. The minimum absolute atomic E-state index is 0.130. The van der Waals surface area contributed by atoms with Crippen molar-refractivity contribution in [2.45, 2.75) is 32.6 Å². The van der Waals surface area contributed by atoms with Crippen LogP contribution in [-0.2, 0) is 16.6 Å². The van der Waals surface area contributed by atoms with Gasteiger partial charge < -0.3 is 15.1 Å². The fourth-order valence-corrected chi connectivity index (χ4v) is 4.70. The average molecular weight is 443 g/mol. The second kappa shape index (κ2) is 10.2. The Labute approximate surface area is 189 Å². The van der Waals surface area contributed by atoms with E-state index < -0.39 is 0 Å². The molecule has 32 heavy (non-hydrogen) atoms. The molecule has 0 radical (unpaired) electrons.